The summed E-state index contributed by atoms with van der Waals surface area (Å²) in [5.74, 6) is 0.823. The Balaban J connectivity index is 2.90. The first kappa shape index (κ1) is 12.7. The monoisotopic (exact) mass is 221 g/mol. The van der Waals surface area contributed by atoms with Gasteiger partial charge in [-0.1, -0.05) is 6.08 Å². The number of rotatable bonds is 6. The van der Waals surface area contributed by atoms with Crippen LogP contribution in [0.15, 0.2) is 31.0 Å². The van der Waals surface area contributed by atoms with Crippen molar-refractivity contribution in [2.24, 2.45) is 5.73 Å². The second-order valence-corrected chi connectivity index (χ2v) is 3.69. The quantitative estimate of drug-likeness (QED) is 0.706. The lowest BCUT2D eigenvalue weighted by Crippen LogP contribution is -2.27. The van der Waals surface area contributed by atoms with Crippen molar-refractivity contribution < 1.29 is 5.11 Å². The minimum atomic E-state index is -0.0125. The molecule has 0 saturated heterocycles. The van der Waals surface area contributed by atoms with Gasteiger partial charge in [-0.15, -0.1) is 6.58 Å². The van der Waals surface area contributed by atoms with E-state index < -0.39 is 0 Å². The van der Waals surface area contributed by atoms with E-state index in [1.54, 1.807) is 12.3 Å². The smallest absolute Gasteiger partial charge is 0.129 e. The molecule has 3 N–H and O–H groups in total. The Morgan fingerprint density at radius 2 is 2.44 bits per heavy atom. The van der Waals surface area contributed by atoms with Gasteiger partial charge in [-0.25, -0.2) is 4.98 Å². The van der Waals surface area contributed by atoms with Crippen LogP contribution in [0.4, 0.5) is 5.82 Å². The molecule has 0 aliphatic heterocycles. The molecule has 4 nitrogen and oxygen atoms in total. The highest BCUT2D eigenvalue weighted by atomic mass is 16.3. The summed E-state index contributed by atoms with van der Waals surface area (Å²) >= 11 is 0. The molecule has 88 valence electrons. The van der Waals surface area contributed by atoms with Gasteiger partial charge in [0, 0.05) is 25.3 Å². The highest BCUT2D eigenvalue weighted by Crippen LogP contribution is 2.16. The van der Waals surface area contributed by atoms with E-state index in [1.807, 2.05) is 24.0 Å². The van der Waals surface area contributed by atoms with Gasteiger partial charge >= 0.3 is 0 Å². The van der Waals surface area contributed by atoms with Crippen molar-refractivity contribution >= 4 is 5.82 Å². The highest BCUT2D eigenvalue weighted by molar-refractivity contribution is 5.42. The van der Waals surface area contributed by atoms with Crippen molar-refractivity contribution in [3.8, 4) is 0 Å². The van der Waals surface area contributed by atoms with E-state index in [2.05, 4.69) is 11.6 Å². The molecule has 0 radical (unpaired) electrons. The average molecular weight is 221 g/mol. The van der Waals surface area contributed by atoms with Crippen LogP contribution in [0, 0.1) is 0 Å². The summed E-state index contributed by atoms with van der Waals surface area (Å²) in [6, 6.07) is 3.84. The minimum absolute atomic E-state index is 0.0125. The lowest BCUT2D eigenvalue weighted by molar-refractivity contribution is 0.302. The number of aromatic nitrogens is 1. The fraction of sp³-hybridized carbons (Fsp3) is 0.417. The van der Waals surface area contributed by atoms with E-state index in [1.165, 1.54) is 0 Å². The molecule has 0 fully saturated rings. The van der Waals surface area contributed by atoms with Gasteiger partial charge in [0.15, 0.2) is 0 Å². The predicted molar refractivity (Wildman–Crippen MR) is 66.3 cm³/mol. The Morgan fingerprint density at radius 3 is 3.00 bits per heavy atom. The van der Waals surface area contributed by atoms with E-state index in [9.17, 15) is 0 Å². The SMILES string of the molecule is C=CCN(CCO)c1cc([C@@H](C)N)ccn1. The van der Waals surface area contributed by atoms with E-state index in [0.29, 0.717) is 13.1 Å². The van der Waals surface area contributed by atoms with Gasteiger partial charge in [-0.05, 0) is 24.6 Å². The molecule has 16 heavy (non-hydrogen) atoms. The van der Waals surface area contributed by atoms with E-state index in [4.69, 9.17) is 10.8 Å². The van der Waals surface area contributed by atoms with Crippen LogP contribution in [-0.4, -0.2) is 29.8 Å². The zero-order valence-electron chi connectivity index (χ0n) is 9.63. The normalized spacial score (nSPS) is 12.2. The molecule has 0 saturated carbocycles. The number of hydrogen-bond acceptors (Lipinski definition) is 4. The molecule has 0 aromatic carbocycles. The van der Waals surface area contributed by atoms with Gasteiger partial charge in [0.25, 0.3) is 0 Å². The maximum Gasteiger partial charge on any atom is 0.129 e. The Bertz CT molecular complexity index is 339. The minimum Gasteiger partial charge on any atom is -0.395 e. The molecular weight excluding hydrogens is 202 g/mol. The first-order chi connectivity index (χ1) is 7.69. The van der Waals surface area contributed by atoms with Crippen molar-refractivity contribution in [3.05, 3.63) is 36.5 Å². The van der Waals surface area contributed by atoms with Crippen LogP contribution in [0.25, 0.3) is 0 Å². The number of anilines is 1. The van der Waals surface area contributed by atoms with Crippen LogP contribution >= 0.6 is 0 Å². The highest BCUT2D eigenvalue weighted by Gasteiger charge is 2.07. The van der Waals surface area contributed by atoms with Crippen molar-refractivity contribution in [2.45, 2.75) is 13.0 Å². The topological polar surface area (TPSA) is 62.4 Å². The van der Waals surface area contributed by atoms with Gasteiger partial charge < -0.3 is 15.7 Å². The Hall–Kier alpha value is -1.39. The van der Waals surface area contributed by atoms with Gasteiger partial charge in [-0.3, -0.25) is 0 Å². The predicted octanol–water partition coefficient (Wildman–Crippen LogP) is 1.09. The standard InChI is InChI=1S/C12H19N3O/c1-3-6-15(7-8-16)12-9-11(10(2)13)4-5-14-12/h3-5,9-10,16H,1,6-8,13H2,2H3/t10-/m1/s1. The zero-order valence-corrected chi connectivity index (χ0v) is 9.63. The fourth-order valence-corrected chi connectivity index (χ4v) is 1.47. The molecule has 0 amide bonds. The van der Waals surface area contributed by atoms with E-state index in [-0.39, 0.29) is 12.6 Å². The van der Waals surface area contributed by atoms with Crippen LogP contribution in [0.2, 0.25) is 0 Å². The summed E-state index contributed by atoms with van der Waals surface area (Å²) in [6.45, 7) is 6.92. The maximum atomic E-state index is 8.97. The lowest BCUT2D eigenvalue weighted by atomic mass is 10.1. The molecule has 0 spiro atoms. The number of nitrogens with zero attached hydrogens (tertiary/aromatic N) is 2. The van der Waals surface area contributed by atoms with Gasteiger partial charge in [0.1, 0.15) is 5.82 Å². The summed E-state index contributed by atoms with van der Waals surface area (Å²) in [4.78, 5) is 6.23. The number of nitrogens with two attached hydrogens (primary N) is 1. The molecule has 4 heteroatoms. The fourth-order valence-electron chi connectivity index (χ4n) is 1.47. The third-order valence-corrected chi connectivity index (χ3v) is 2.34. The van der Waals surface area contributed by atoms with Crippen LogP contribution in [-0.2, 0) is 0 Å². The van der Waals surface area contributed by atoms with E-state index in [0.717, 1.165) is 11.4 Å². The molecule has 1 rings (SSSR count). The number of hydrogen-bond donors (Lipinski definition) is 2. The van der Waals surface area contributed by atoms with Crippen molar-refractivity contribution in [1.29, 1.82) is 0 Å². The molecule has 0 aliphatic rings. The van der Waals surface area contributed by atoms with Gasteiger partial charge in [0.05, 0.1) is 6.61 Å². The third kappa shape index (κ3) is 3.32. The van der Waals surface area contributed by atoms with Crippen LogP contribution < -0.4 is 10.6 Å². The molecular formula is C12H19N3O. The summed E-state index contributed by atoms with van der Waals surface area (Å²) in [5.41, 5.74) is 6.85. The molecule has 0 aliphatic carbocycles. The largest absolute Gasteiger partial charge is 0.395 e. The van der Waals surface area contributed by atoms with Crippen molar-refractivity contribution in [2.75, 3.05) is 24.6 Å². The average Bonchev–Trinajstić information content (AvgIpc) is 2.29. The lowest BCUT2D eigenvalue weighted by Gasteiger charge is -2.21. The third-order valence-electron chi connectivity index (χ3n) is 2.34. The van der Waals surface area contributed by atoms with Crippen LogP contribution in [0.3, 0.4) is 0 Å². The summed E-state index contributed by atoms with van der Waals surface area (Å²) in [7, 11) is 0. The number of pyridine rings is 1. The molecule has 0 bridgehead atoms. The first-order valence-corrected chi connectivity index (χ1v) is 5.37. The Labute approximate surface area is 96.4 Å². The summed E-state index contributed by atoms with van der Waals surface area (Å²) in [6.07, 6.45) is 3.53. The molecule has 1 atom stereocenters. The summed E-state index contributed by atoms with van der Waals surface area (Å²) < 4.78 is 0. The molecule has 1 heterocycles. The van der Waals surface area contributed by atoms with Crippen molar-refractivity contribution in [3.63, 3.8) is 0 Å². The zero-order chi connectivity index (χ0) is 12.0. The molecule has 1 aromatic heterocycles. The van der Waals surface area contributed by atoms with Gasteiger partial charge in [0.2, 0.25) is 0 Å². The van der Waals surface area contributed by atoms with Crippen molar-refractivity contribution in [1.82, 2.24) is 4.98 Å². The van der Waals surface area contributed by atoms with Gasteiger partial charge in [-0.2, -0.15) is 0 Å². The number of aliphatic hydroxyl groups excluding tert-OH is 1. The molecule has 1 aromatic rings. The second kappa shape index (κ2) is 6.25. The first-order valence-electron chi connectivity index (χ1n) is 5.37. The van der Waals surface area contributed by atoms with Crippen LogP contribution in [0.1, 0.15) is 18.5 Å². The number of aliphatic hydroxyl groups is 1. The maximum absolute atomic E-state index is 8.97. The molecule has 0 unspecified atom stereocenters. The Morgan fingerprint density at radius 1 is 1.69 bits per heavy atom. The summed E-state index contributed by atoms with van der Waals surface area (Å²) in [5, 5.41) is 8.97. The Kier molecular flexibility index (Phi) is 4.95. The van der Waals surface area contributed by atoms with E-state index >= 15 is 0 Å². The van der Waals surface area contributed by atoms with Crippen LogP contribution in [0.5, 0.6) is 0 Å². The second-order valence-electron chi connectivity index (χ2n) is 3.69.